The molecule has 1 fully saturated rings. The van der Waals surface area contributed by atoms with Crippen molar-refractivity contribution in [2.24, 2.45) is 5.92 Å². The maximum absolute atomic E-state index is 12.1. The molecule has 0 spiro atoms. The number of sulfonamides is 1. The molecule has 2 unspecified atom stereocenters. The molecule has 2 N–H and O–H groups in total. The second-order valence-corrected chi connectivity index (χ2v) is 7.29. The Bertz CT molecular complexity index is 481. The molecule has 0 amide bonds. The maximum Gasteiger partial charge on any atom is 0.242 e. The lowest BCUT2D eigenvalue weighted by Gasteiger charge is -2.12. The Morgan fingerprint density at radius 2 is 2.29 bits per heavy atom. The number of hydrogen-bond acceptors (Lipinski definition) is 4. The molecule has 1 aromatic rings. The first-order valence-corrected chi connectivity index (χ1v) is 8.09. The van der Waals surface area contributed by atoms with Crippen molar-refractivity contribution in [2.45, 2.75) is 43.7 Å². The lowest BCUT2D eigenvalue weighted by molar-refractivity contribution is 0.282. The summed E-state index contributed by atoms with van der Waals surface area (Å²) < 4.78 is 27.0. The summed E-state index contributed by atoms with van der Waals surface area (Å²) in [6.07, 6.45) is 2.88. The number of aliphatic hydroxyl groups excluding tert-OH is 1. The topological polar surface area (TPSA) is 66.4 Å². The standard InChI is InChI=1S/C11H17NO3S2/c1-8-2-3-9(6-8)12-17(14,15)11-4-5-16-10(11)7-13/h4-5,8-9,12-13H,2-3,6-7H2,1H3. The molecule has 2 rings (SSSR count). The van der Waals surface area contributed by atoms with E-state index in [9.17, 15) is 8.42 Å². The maximum atomic E-state index is 12.1. The fraction of sp³-hybridized carbons (Fsp3) is 0.636. The highest BCUT2D eigenvalue weighted by molar-refractivity contribution is 7.89. The Labute approximate surface area is 106 Å². The summed E-state index contributed by atoms with van der Waals surface area (Å²) >= 11 is 1.27. The summed E-state index contributed by atoms with van der Waals surface area (Å²) in [5.41, 5.74) is 0. The molecule has 1 aliphatic carbocycles. The first-order valence-electron chi connectivity index (χ1n) is 5.72. The van der Waals surface area contributed by atoms with Crippen LogP contribution in [0.15, 0.2) is 16.3 Å². The third-order valence-electron chi connectivity index (χ3n) is 3.15. The van der Waals surface area contributed by atoms with Gasteiger partial charge in [-0.05, 0) is 36.6 Å². The van der Waals surface area contributed by atoms with Crippen LogP contribution in [0, 0.1) is 5.92 Å². The van der Waals surface area contributed by atoms with Gasteiger partial charge >= 0.3 is 0 Å². The number of thiophene rings is 1. The van der Waals surface area contributed by atoms with Crippen LogP contribution < -0.4 is 4.72 Å². The Kier molecular flexibility index (Phi) is 3.87. The fourth-order valence-corrected chi connectivity index (χ4v) is 4.86. The normalized spacial score (nSPS) is 25.3. The molecule has 1 aromatic heterocycles. The molecule has 0 bridgehead atoms. The molecule has 0 aliphatic heterocycles. The van der Waals surface area contributed by atoms with Gasteiger partial charge in [0, 0.05) is 10.9 Å². The van der Waals surface area contributed by atoms with Crippen LogP contribution in [0.1, 0.15) is 31.1 Å². The van der Waals surface area contributed by atoms with Crippen LogP contribution in [0.25, 0.3) is 0 Å². The predicted octanol–water partition coefficient (Wildman–Crippen LogP) is 1.71. The molecule has 4 nitrogen and oxygen atoms in total. The van der Waals surface area contributed by atoms with Crippen molar-refractivity contribution in [3.8, 4) is 0 Å². The zero-order valence-electron chi connectivity index (χ0n) is 9.72. The Balaban J connectivity index is 2.14. The van der Waals surface area contributed by atoms with Crippen LogP contribution in [0.4, 0.5) is 0 Å². The van der Waals surface area contributed by atoms with E-state index in [4.69, 9.17) is 5.11 Å². The zero-order chi connectivity index (χ0) is 12.5. The van der Waals surface area contributed by atoms with Crippen LogP contribution in [0.5, 0.6) is 0 Å². The highest BCUT2D eigenvalue weighted by Crippen LogP contribution is 2.27. The van der Waals surface area contributed by atoms with Crippen LogP contribution in [-0.2, 0) is 16.6 Å². The summed E-state index contributed by atoms with van der Waals surface area (Å²) in [7, 11) is -3.47. The van der Waals surface area contributed by atoms with Gasteiger partial charge in [0.25, 0.3) is 0 Å². The van der Waals surface area contributed by atoms with Gasteiger partial charge in [-0.1, -0.05) is 6.92 Å². The molecule has 1 aliphatic rings. The summed E-state index contributed by atoms with van der Waals surface area (Å²) in [5, 5.41) is 10.8. The van der Waals surface area contributed by atoms with Gasteiger partial charge < -0.3 is 5.11 Å². The third kappa shape index (κ3) is 2.88. The van der Waals surface area contributed by atoms with Crippen molar-refractivity contribution in [1.82, 2.24) is 4.72 Å². The molecule has 0 saturated heterocycles. The van der Waals surface area contributed by atoms with E-state index in [0.717, 1.165) is 19.3 Å². The molecule has 0 radical (unpaired) electrons. The van der Waals surface area contributed by atoms with Crippen LogP contribution in [-0.4, -0.2) is 19.6 Å². The molecule has 1 saturated carbocycles. The molecule has 17 heavy (non-hydrogen) atoms. The summed E-state index contributed by atoms with van der Waals surface area (Å²) in [6, 6.07) is 1.60. The fourth-order valence-electron chi connectivity index (χ4n) is 2.28. The predicted molar refractivity (Wildman–Crippen MR) is 67.4 cm³/mol. The molecular weight excluding hydrogens is 258 g/mol. The number of rotatable bonds is 4. The van der Waals surface area contributed by atoms with Crippen LogP contribution >= 0.6 is 11.3 Å². The third-order valence-corrected chi connectivity index (χ3v) is 5.79. The molecular formula is C11H17NO3S2. The van der Waals surface area contributed by atoms with Gasteiger partial charge in [-0.25, -0.2) is 13.1 Å². The highest BCUT2D eigenvalue weighted by atomic mass is 32.2. The first kappa shape index (κ1) is 13.0. The van der Waals surface area contributed by atoms with E-state index >= 15 is 0 Å². The van der Waals surface area contributed by atoms with Gasteiger partial charge in [0.2, 0.25) is 10.0 Å². The van der Waals surface area contributed by atoms with Gasteiger partial charge in [-0.15, -0.1) is 11.3 Å². The van der Waals surface area contributed by atoms with E-state index in [0.29, 0.717) is 10.8 Å². The van der Waals surface area contributed by atoms with E-state index in [2.05, 4.69) is 11.6 Å². The van der Waals surface area contributed by atoms with E-state index in [1.807, 2.05) is 0 Å². The van der Waals surface area contributed by atoms with Gasteiger partial charge in [0.1, 0.15) is 0 Å². The minimum atomic E-state index is -3.47. The smallest absolute Gasteiger partial charge is 0.242 e. The number of aliphatic hydroxyl groups is 1. The van der Waals surface area contributed by atoms with Crippen molar-refractivity contribution < 1.29 is 13.5 Å². The van der Waals surface area contributed by atoms with E-state index in [1.165, 1.54) is 11.3 Å². The van der Waals surface area contributed by atoms with Crippen molar-refractivity contribution in [2.75, 3.05) is 0 Å². The molecule has 1 heterocycles. The number of nitrogens with one attached hydrogen (secondary N) is 1. The quantitative estimate of drug-likeness (QED) is 0.879. The second-order valence-electron chi connectivity index (χ2n) is 4.60. The summed E-state index contributed by atoms with van der Waals surface area (Å²) in [4.78, 5) is 0.730. The van der Waals surface area contributed by atoms with Gasteiger partial charge in [0.15, 0.2) is 0 Å². The average Bonchev–Trinajstić information content (AvgIpc) is 2.86. The van der Waals surface area contributed by atoms with E-state index in [1.54, 1.807) is 11.4 Å². The molecule has 2 atom stereocenters. The van der Waals surface area contributed by atoms with Crippen LogP contribution in [0.2, 0.25) is 0 Å². The van der Waals surface area contributed by atoms with Crippen molar-refractivity contribution >= 4 is 21.4 Å². The minimum Gasteiger partial charge on any atom is -0.391 e. The van der Waals surface area contributed by atoms with Crippen molar-refractivity contribution in [1.29, 1.82) is 0 Å². The van der Waals surface area contributed by atoms with Gasteiger partial charge in [0.05, 0.1) is 11.5 Å². The average molecular weight is 275 g/mol. The lowest BCUT2D eigenvalue weighted by Crippen LogP contribution is -2.33. The van der Waals surface area contributed by atoms with E-state index < -0.39 is 10.0 Å². The number of hydrogen-bond donors (Lipinski definition) is 2. The Morgan fingerprint density at radius 3 is 2.88 bits per heavy atom. The minimum absolute atomic E-state index is 0.0430. The molecule has 0 aromatic carbocycles. The zero-order valence-corrected chi connectivity index (χ0v) is 11.4. The SMILES string of the molecule is CC1CCC(NS(=O)(=O)c2ccsc2CO)C1. The van der Waals surface area contributed by atoms with Crippen LogP contribution in [0.3, 0.4) is 0 Å². The largest absolute Gasteiger partial charge is 0.391 e. The molecule has 96 valence electrons. The highest BCUT2D eigenvalue weighted by Gasteiger charge is 2.28. The van der Waals surface area contributed by atoms with Crippen molar-refractivity contribution in [3.05, 3.63) is 16.3 Å². The van der Waals surface area contributed by atoms with Gasteiger partial charge in [-0.2, -0.15) is 0 Å². The summed E-state index contributed by atoms with van der Waals surface area (Å²) in [5.74, 6) is 0.586. The lowest BCUT2D eigenvalue weighted by atomic mass is 10.1. The first-order chi connectivity index (χ1) is 8.03. The van der Waals surface area contributed by atoms with Gasteiger partial charge in [-0.3, -0.25) is 0 Å². The van der Waals surface area contributed by atoms with E-state index in [-0.39, 0.29) is 17.5 Å². The van der Waals surface area contributed by atoms with Crippen molar-refractivity contribution in [3.63, 3.8) is 0 Å². The second kappa shape index (κ2) is 5.06. The Hall–Kier alpha value is -0.430. The Morgan fingerprint density at radius 1 is 1.53 bits per heavy atom. The monoisotopic (exact) mass is 275 g/mol. The molecule has 6 heteroatoms. The summed E-state index contributed by atoms with van der Waals surface area (Å²) in [6.45, 7) is 1.91.